The number of rotatable bonds is 9. The van der Waals surface area contributed by atoms with Gasteiger partial charge in [-0.25, -0.2) is 9.79 Å². The Morgan fingerprint density at radius 2 is 1.77 bits per heavy atom. The van der Waals surface area contributed by atoms with Gasteiger partial charge in [-0.15, -0.1) is 0 Å². The summed E-state index contributed by atoms with van der Waals surface area (Å²) in [7, 11) is 0. The highest BCUT2D eigenvalue weighted by atomic mass is 35.5. The molecular weight excluding hydrogens is 631 g/mol. The van der Waals surface area contributed by atoms with Crippen LogP contribution in [0.2, 0.25) is 15.1 Å². The van der Waals surface area contributed by atoms with E-state index in [1.54, 1.807) is 62.4 Å². The number of fused-ring (bicyclic) bond motifs is 1. The molecule has 5 rings (SSSR count). The number of carbonyl (C=O) groups excluding carboxylic acids is 1. The van der Waals surface area contributed by atoms with Gasteiger partial charge in [-0.2, -0.15) is 0 Å². The monoisotopic (exact) mass is 656 g/mol. The molecule has 1 aromatic heterocycles. The first-order chi connectivity index (χ1) is 20.7. The second-order valence-corrected chi connectivity index (χ2v) is 11.7. The molecule has 7 nitrogen and oxygen atoms in total. The van der Waals surface area contributed by atoms with Gasteiger partial charge >= 0.3 is 5.97 Å². The molecule has 43 heavy (non-hydrogen) atoms. The number of benzene rings is 3. The lowest BCUT2D eigenvalue weighted by molar-refractivity contribution is -0.139. The molecule has 11 heteroatoms. The summed E-state index contributed by atoms with van der Waals surface area (Å²) in [6, 6.07) is 17.0. The van der Waals surface area contributed by atoms with E-state index in [0.717, 1.165) is 11.1 Å². The summed E-state index contributed by atoms with van der Waals surface area (Å²) < 4.78 is 19.2. The molecule has 0 amide bonds. The predicted molar refractivity (Wildman–Crippen MR) is 170 cm³/mol. The van der Waals surface area contributed by atoms with Crippen molar-refractivity contribution in [1.29, 1.82) is 0 Å². The zero-order valence-electron chi connectivity index (χ0n) is 23.5. The van der Waals surface area contributed by atoms with E-state index in [-0.39, 0.29) is 24.3 Å². The zero-order valence-corrected chi connectivity index (χ0v) is 26.6. The Kier molecular flexibility index (Phi) is 9.62. The minimum Gasteiger partial charge on any atom is -0.490 e. The topological polar surface area (TPSA) is 79.1 Å². The van der Waals surface area contributed by atoms with E-state index in [4.69, 9.17) is 49.0 Å². The molecule has 222 valence electrons. The van der Waals surface area contributed by atoms with E-state index in [2.05, 4.69) is 4.99 Å². The van der Waals surface area contributed by atoms with Crippen LogP contribution in [0, 0.1) is 0 Å². The van der Waals surface area contributed by atoms with Gasteiger partial charge in [0.2, 0.25) is 0 Å². The highest BCUT2D eigenvalue weighted by Crippen LogP contribution is 2.35. The average Bonchev–Trinajstić information content (AvgIpc) is 3.27. The molecule has 2 heterocycles. The maximum atomic E-state index is 13.9. The summed E-state index contributed by atoms with van der Waals surface area (Å²) >= 11 is 20.1. The summed E-state index contributed by atoms with van der Waals surface area (Å²) in [6.07, 6.45) is 1.76. The van der Waals surface area contributed by atoms with Gasteiger partial charge < -0.3 is 14.2 Å². The lowest BCUT2D eigenvalue weighted by Crippen LogP contribution is -2.40. The van der Waals surface area contributed by atoms with Crippen molar-refractivity contribution >= 4 is 58.2 Å². The maximum absolute atomic E-state index is 13.9. The summed E-state index contributed by atoms with van der Waals surface area (Å²) in [5.74, 6) is 0.503. The number of esters is 1. The molecule has 1 aliphatic heterocycles. The summed E-state index contributed by atoms with van der Waals surface area (Å²) in [4.78, 5) is 32.1. The van der Waals surface area contributed by atoms with Crippen LogP contribution in [0.4, 0.5) is 0 Å². The van der Waals surface area contributed by atoms with Gasteiger partial charge in [-0.3, -0.25) is 9.36 Å². The normalized spacial score (nSPS) is 14.7. The average molecular weight is 658 g/mol. The standard InChI is InChI=1S/C32H27Cl3N2O5S/c1-4-40-26-14-19(10-13-25(26)42-17-20-11-12-21(33)16-24(20)35)15-27-30(38)37-29(22-8-6-7-9-23(22)34)28(31(39)41-5-2)18(3)36-32(37)43-27/h6-16,29H,4-5,17H2,1-3H3/b27-15-. The van der Waals surface area contributed by atoms with Crippen LogP contribution < -0.4 is 24.4 Å². The third-order valence-corrected chi connectivity index (χ3v) is 8.59. The fourth-order valence-corrected chi connectivity index (χ4v) is 6.48. The van der Waals surface area contributed by atoms with Crippen molar-refractivity contribution in [3.63, 3.8) is 0 Å². The van der Waals surface area contributed by atoms with Crippen molar-refractivity contribution in [1.82, 2.24) is 4.57 Å². The number of hydrogen-bond acceptors (Lipinski definition) is 7. The minimum atomic E-state index is -0.791. The molecule has 0 bridgehead atoms. The summed E-state index contributed by atoms with van der Waals surface area (Å²) in [6.45, 7) is 6.16. The van der Waals surface area contributed by atoms with Gasteiger partial charge in [0.15, 0.2) is 16.3 Å². The van der Waals surface area contributed by atoms with E-state index >= 15 is 0 Å². The van der Waals surface area contributed by atoms with Gasteiger partial charge in [0, 0.05) is 20.6 Å². The van der Waals surface area contributed by atoms with Crippen LogP contribution in [0.3, 0.4) is 0 Å². The number of allylic oxidation sites excluding steroid dienone is 1. The molecule has 3 aromatic carbocycles. The van der Waals surface area contributed by atoms with Crippen molar-refractivity contribution < 1.29 is 19.0 Å². The number of thiazole rings is 1. The molecule has 0 spiro atoms. The van der Waals surface area contributed by atoms with Crippen molar-refractivity contribution in [2.45, 2.75) is 33.4 Å². The maximum Gasteiger partial charge on any atom is 0.338 e. The number of hydrogen-bond donors (Lipinski definition) is 0. The molecule has 1 unspecified atom stereocenters. The first-order valence-electron chi connectivity index (χ1n) is 13.5. The molecule has 4 aromatic rings. The summed E-state index contributed by atoms with van der Waals surface area (Å²) in [5, 5.41) is 1.48. The quantitative estimate of drug-likeness (QED) is 0.187. The van der Waals surface area contributed by atoms with Crippen LogP contribution >= 0.6 is 46.1 Å². The van der Waals surface area contributed by atoms with E-state index in [1.807, 2.05) is 25.1 Å². The Bertz CT molecular complexity index is 1910. The Labute approximate surface area is 267 Å². The van der Waals surface area contributed by atoms with E-state index in [9.17, 15) is 9.59 Å². The number of halogens is 3. The van der Waals surface area contributed by atoms with Crippen LogP contribution in [0.5, 0.6) is 11.5 Å². The number of ether oxygens (including phenoxy) is 3. The van der Waals surface area contributed by atoms with Crippen LogP contribution in [0.1, 0.15) is 43.5 Å². The SMILES string of the molecule is CCOC(=O)C1=C(C)N=c2s/c(=C\c3ccc(OCc4ccc(Cl)cc4Cl)c(OCC)c3)c(=O)n2C1c1ccccc1Cl. The van der Waals surface area contributed by atoms with Gasteiger partial charge in [0.1, 0.15) is 12.6 Å². The third kappa shape index (κ3) is 6.53. The van der Waals surface area contributed by atoms with Gasteiger partial charge in [0.25, 0.3) is 5.56 Å². The minimum absolute atomic E-state index is 0.184. The van der Waals surface area contributed by atoms with Gasteiger partial charge in [-0.05, 0) is 68.3 Å². The Morgan fingerprint density at radius 1 is 0.977 bits per heavy atom. The Morgan fingerprint density at radius 3 is 2.49 bits per heavy atom. The fraction of sp³-hybridized carbons (Fsp3) is 0.219. The lowest BCUT2D eigenvalue weighted by Gasteiger charge is -2.25. The smallest absolute Gasteiger partial charge is 0.338 e. The lowest BCUT2D eigenvalue weighted by atomic mass is 9.96. The van der Waals surface area contributed by atoms with Crippen LogP contribution in [-0.2, 0) is 16.1 Å². The molecule has 1 aliphatic rings. The van der Waals surface area contributed by atoms with Crippen LogP contribution in [0.15, 0.2) is 81.7 Å². The molecule has 0 N–H and O–H groups in total. The molecule has 0 radical (unpaired) electrons. The van der Waals surface area contributed by atoms with Crippen molar-refractivity contribution in [3.05, 3.63) is 123 Å². The first-order valence-corrected chi connectivity index (χ1v) is 15.4. The summed E-state index contributed by atoms with van der Waals surface area (Å²) in [5.41, 5.74) is 2.55. The largest absolute Gasteiger partial charge is 0.490 e. The van der Waals surface area contributed by atoms with Gasteiger partial charge in [0.05, 0.1) is 29.0 Å². The molecule has 1 atom stereocenters. The first kappa shape index (κ1) is 30.9. The van der Waals surface area contributed by atoms with Gasteiger partial charge in [-0.1, -0.05) is 76.5 Å². The number of carbonyl (C=O) groups is 1. The number of nitrogens with zero attached hydrogens (tertiary/aromatic N) is 2. The zero-order chi connectivity index (χ0) is 30.7. The van der Waals surface area contributed by atoms with E-state index < -0.39 is 12.0 Å². The van der Waals surface area contributed by atoms with E-state index in [1.165, 1.54) is 15.9 Å². The third-order valence-electron chi connectivity index (χ3n) is 6.68. The fourth-order valence-electron chi connectivity index (χ4n) is 4.73. The second kappa shape index (κ2) is 13.4. The van der Waals surface area contributed by atoms with Crippen molar-refractivity contribution in [2.24, 2.45) is 4.99 Å². The molecule has 0 saturated heterocycles. The number of aromatic nitrogens is 1. The van der Waals surface area contributed by atoms with Crippen molar-refractivity contribution in [2.75, 3.05) is 13.2 Å². The molecule has 0 aliphatic carbocycles. The molecular formula is C32H27Cl3N2O5S. The second-order valence-electron chi connectivity index (χ2n) is 9.49. The highest BCUT2D eigenvalue weighted by molar-refractivity contribution is 7.07. The molecule has 0 saturated carbocycles. The highest BCUT2D eigenvalue weighted by Gasteiger charge is 2.34. The van der Waals surface area contributed by atoms with Crippen molar-refractivity contribution in [3.8, 4) is 11.5 Å². The molecule has 0 fully saturated rings. The Balaban J connectivity index is 1.55. The Hall–Kier alpha value is -3.56. The van der Waals surface area contributed by atoms with E-state index in [0.29, 0.717) is 53.8 Å². The predicted octanol–water partition coefficient (Wildman–Crippen LogP) is 6.74. The van der Waals surface area contributed by atoms with Crippen LogP contribution in [0.25, 0.3) is 6.08 Å². The van der Waals surface area contributed by atoms with Crippen LogP contribution in [-0.4, -0.2) is 23.8 Å².